The van der Waals surface area contributed by atoms with E-state index < -0.39 is 29.6 Å². The van der Waals surface area contributed by atoms with Gasteiger partial charge in [-0.15, -0.1) is 0 Å². The Morgan fingerprint density at radius 1 is 1.34 bits per heavy atom. The van der Waals surface area contributed by atoms with Crippen molar-refractivity contribution in [3.63, 3.8) is 0 Å². The maximum Gasteiger partial charge on any atom is 0.247 e. The van der Waals surface area contributed by atoms with Gasteiger partial charge in [-0.3, -0.25) is 9.59 Å². The molecule has 3 aromatic rings. The van der Waals surface area contributed by atoms with Crippen molar-refractivity contribution in [3.05, 3.63) is 17.7 Å². The summed E-state index contributed by atoms with van der Waals surface area (Å²) in [6.45, 7) is 2.20. The number of nitrogens with zero attached hydrogens (tertiary/aromatic N) is 5. The molecule has 0 bridgehead atoms. The molecule has 1 saturated carbocycles. The predicted octanol–water partition coefficient (Wildman–Crippen LogP) is 2.01. The van der Waals surface area contributed by atoms with E-state index >= 15 is 0 Å². The first-order valence-corrected chi connectivity index (χ1v) is 11.1. The second kappa shape index (κ2) is 7.82. The summed E-state index contributed by atoms with van der Waals surface area (Å²) < 4.78 is 33.6. The summed E-state index contributed by atoms with van der Waals surface area (Å²) in [6.07, 6.45) is 1.26. The summed E-state index contributed by atoms with van der Waals surface area (Å²) >= 11 is 0. The molecule has 1 fully saturated rings. The maximum absolute atomic E-state index is 13.5. The van der Waals surface area contributed by atoms with E-state index in [1.165, 1.54) is 18.7 Å². The number of fused-ring (bicyclic) bond motifs is 2. The number of aryl methyl sites for hydroxylation is 1. The molecular weight excluding hydrogens is 462 g/mol. The van der Waals surface area contributed by atoms with Gasteiger partial charge in [0.25, 0.3) is 0 Å². The number of hydrogen-bond donors (Lipinski definition) is 3. The van der Waals surface area contributed by atoms with Crippen LogP contribution in [0.5, 0.6) is 5.88 Å². The Morgan fingerprint density at radius 3 is 2.74 bits per heavy atom. The quantitative estimate of drug-likeness (QED) is 0.429. The number of carbonyl (C=O) groups is 2. The van der Waals surface area contributed by atoms with E-state index in [0.29, 0.717) is 11.0 Å². The standard InChI is InChI=1S/C22H24F2N8O3/c1-21(23,24)8-9-32-18-11(6-7-12(27-18)35-3)14(31-32)17-28-15(25)13-16(29-17)30-20(34)22(13,2)19(33)26-10-4-5-10/h6-7,10H,4-5,8-9H2,1-3H3,(H,26,33)(H3,25,28,29,30,34). The molecule has 11 nitrogen and oxygen atoms in total. The highest BCUT2D eigenvalue weighted by Crippen LogP contribution is 2.42. The number of aromatic nitrogens is 5. The van der Waals surface area contributed by atoms with Crippen molar-refractivity contribution >= 4 is 34.5 Å². The van der Waals surface area contributed by atoms with Crippen molar-refractivity contribution < 1.29 is 23.1 Å². The van der Waals surface area contributed by atoms with Crippen LogP contribution in [0.15, 0.2) is 12.1 Å². The summed E-state index contributed by atoms with van der Waals surface area (Å²) in [6, 6.07) is 3.32. The van der Waals surface area contributed by atoms with E-state index in [9.17, 15) is 18.4 Å². The van der Waals surface area contributed by atoms with Crippen LogP contribution in [0.4, 0.5) is 20.4 Å². The van der Waals surface area contributed by atoms with Gasteiger partial charge in [0.1, 0.15) is 17.3 Å². The summed E-state index contributed by atoms with van der Waals surface area (Å²) in [5, 5.41) is 10.4. The first-order chi connectivity index (χ1) is 16.5. The van der Waals surface area contributed by atoms with Gasteiger partial charge in [-0.25, -0.2) is 23.4 Å². The molecule has 0 spiro atoms. The molecule has 2 amide bonds. The first kappa shape index (κ1) is 22.9. The van der Waals surface area contributed by atoms with Gasteiger partial charge in [0.2, 0.25) is 23.6 Å². The molecule has 5 rings (SSSR count). The molecule has 3 aromatic heterocycles. The zero-order valence-corrected chi connectivity index (χ0v) is 19.4. The molecule has 4 heterocycles. The monoisotopic (exact) mass is 486 g/mol. The van der Waals surface area contributed by atoms with Crippen LogP contribution in [-0.4, -0.2) is 55.6 Å². The predicted molar refractivity (Wildman–Crippen MR) is 122 cm³/mol. The number of anilines is 2. The van der Waals surface area contributed by atoms with E-state index in [0.717, 1.165) is 19.8 Å². The summed E-state index contributed by atoms with van der Waals surface area (Å²) in [4.78, 5) is 38.9. The molecule has 1 unspecified atom stereocenters. The third-order valence-corrected chi connectivity index (χ3v) is 6.24. The fourth-order valence-corrected chi connectivity index (χ4v) is 4.06. The number of hydrogen-bond acceptors (Lipinski definition) is 8. The van der Waals surface area contributed by atoms with Gasteiger partial charge >= 0.3 is 0 Å². The molecule has 13 heteroatoms. The molecule has 0 aromatic carbocycles. The Kier molecular flexibility index (Phi) is 5.11. The number of halogens is 2. The maximum atomic E-state index is 13.5. The highest BCUT2D eigenvalue weighted by molar-refractivity contribution is 6.21. The second-order valence-corrected chi connectivity index (χ2v) is 9.10. The molecule has 0 radical (unpaired) electrons. The number of ether oxygens (including phenoxy) is 1. The topological polar surface area (TPSA) is 150 Å². The number of rotatable bonds is 7. The average molecular weight is 486 g/mol. The van der Waals surface area contributed by atoms with Gasteiger partial charge in [0.05, 0.1) is 18.1 Å². The molecule has 184 valence electrons. The lowest BCUT2D eigenvalue weighted by atomic mass is 9.83. The number of nitrogens with one attached hydrogen (secondary N) is 2. The summed E-state index contributed by atoms with van der Waals surface area (Å²) in [5.41, 5.74) is 5.42. The van der Waals surface area contributed by atoms with Gasteiger partial charge in [-0.2, -0.15) is 10.1 Å². The lowest BCUT2D eigenvalue weighted by Gasteiger charge is -2.21. The highest BCUT2D eigenvalue weighted by Gasteiger charge is 2.53. The summed E-state index contributed by atoms with van der Waals surface area (Å²) in [5.74, 6) is -3.53. The van der Waals surface area contributed by atoms with Crippen LogP contribution in [-0.2, 0) is 21.5 Å². The fourth-order valence-electron chi connectivity index (χ4n) is 4.06. The second-order valence-electron chi connectivity index (χ2n) is 9.10. The van der Waals surface area contributed by atoms with Gasteiger partial charge in [0.15, 0.2) is 16.9 Å². The molecule has 0 saturated heterocycles. The number of alkyl halides is 2. The van der Waals surface area contributed by atoms with Crippen molar-refractivity contribution in [1.29, 1.82) is 0 Å². The molecule has 1 aliphatic heterocycles. The van der Waals surface area contributed by atoms with Crippen LogP contribution in [0, 0.1) is 0 Å². The minimum absolute atomic E-state index is 0.0490. The minimum Gasteiger partial charge on any atom is -0.481 e. The Bertz CT molecular complexity index is 1360. The lowest BCUT2D eigenvalue weighted by molar-refractivity contribution is -0.133. The Labute approximate surface area is 198 Å². The molecule has 1 aliphatic carbocycles. The van der Waals surface area contributed by atoms with E-state index in [-0.39, 0.29) is 47.2 Å². The lowest BCUT2D eigenvalue weighted by Crippen LogP contribution is -2.48. The normalized spacial score (nSPS) is 19.5. The van der Waals surface area contributed by atoms with Gasteiger partial charge in [-0.05, 0) is 32.8 Å². The highest BCUT2D eigenvalue weighted by atomic mass is 19.3. The Morgan fingerprint density at radius 2 is 2.09 bits per heavy atom. The van der Waals surface area contributed by atoms with Crippen LogP contribution >= 0.6 is 0 Å². The van der Waals surface area contributed by atoms with E-state index in [1.807, 2.05) is 0 Å². The van der Waals surface area contributed by atoms with Crippen molar-refractivity contribution in [2.75, 3.05) is 18.2 Å². The Hall–Kier alpha value is -3.90. The fraction of sp³-hybridized carbons (Fsp3) is 0.455. The number of pyridine rings is 1. The number of nitrogens with two attached hydrogens (primary N) is 1. The zero-order chi connectivity index (χ0) is 25.1. The SMILES string of the molecule is COc1ccc2c(-c3nc(N)c4c(n3)NC(=O)C4(C)C(=O)NC3CC3)nn(CCC(C)(F)F)c2n1. The largest absolute Gasteiger partial charge is 0.481 e. The van der Waals surface area contributed by atoms with Crippen LogP contribution in [0.2, 0.25) is 0 Å². The van der Waals surface area contributed by atoms with Crippen LogP contribution in [0.25, 0.3) is 22.6 Å². The van der Waals surface area contributed by atoms with E-state index in [4.69, 9.17) is 10.5 Å². The van der Waals surface area contributed by atoms with Crippen molar-refractivity contribution in [2.24, 2.45) is 0 Å². The number of nitrogen functional groups attached to an aromatic ring is 1. The molecule has 1 atom stereocenters. The summed E-state index contributed by atoms with van der Waals surface area (Å²) in [7, 11) is 1.44. The minimum atomic E-state index is -2.90. The zero-order valence-electron chi connectivity index (χ0n) is 19.4. The van der Waals surface area contributed by atoms with Gasteiger partial charge in [-0.1, -0.05) is 0 Å². The average Bonchev–Trinajstić information content (AvgIpc) is 3.47. The number of amides is 2. The van der Waals surface area contributed by atoms with E-state index in [1.54, 1.807) is 12.1 Å². The van der Waals surface area contributed by atoms with Gasteiger partial charge < -0.3 is 21.1 Å². The molecule has 4 N–H and O–H groups in total. The van der Waals surface area contributed by atoms with E-state index in [2.05, 4.69) is 30.7 Å². The smallest absolute Gasteiger partial charge is 0.247 e. The third-order valence-electron chi connectivity index (χ3n) is 6.24. The molecule has 2 aliphatic rings. The van der Waals surface area contributed by atoms with Crippen molar-refractivity contribution in [2.45, 2.75) is 57.0 Å². The molecule has 35 heavy (non-hydrogen) atoms. The third kappa shape index (κ3) is 3.90. The van der Waals surface area contributed by atoms with Crippen molar-refractivity contribution in [1.82, 2.24) is 30.0 Å². The van der Waals surface area contributed by atoms with Crippen molar-refractivity contribution in [3.8, 4) is 17.4 Å². The Balaban J connectivity index is 1.59. The number of methoxy groups -OCH3 is 1. The van der Waals surface area contributed by atoms with Gasteiger partial charge in [0, 0.05) is 25.1 Å². The number of carbonyl (C=O) groups excluding carboxylic acids is 2. The molecular formula is C22H24F2N8O3. The van der Waals surface area contributed by atoms with Crippen LogP contribution < -0.4 is 21.1 Å². The van der Waals surface area contributed by atoms with Crippen LogP contribution in [0.1, 0.15) is 38.7 Å². The van der Waals surface area contributed by atoms with Crippen LogP contribution in [0.3, 0.4) is 0 Å². The first-order valence-electron chi connectivity index (χ1n) is 11.1.